The van der Waals surface area contributed by atoms with E-state index in [0.29, 0.717) is 0 Å². The minimum absolute atomic E-state index is 0.574. The minimum atomic E-state index is -2.25. The largest absolute Gasteiger partial charge is 0.394 e. The predicted octanol–water partition coefficient (Wildman–Crippen LogP) is -1.48. The van der Waals surface area contributed by atoms with Crippen molar-refractivity contribution in [3.8, 4) is 0 Å². The Morgan fingerprint density at radius 3 is 2.78 bits per heavy atom. The molecule has 2 heterocycles. The van der Waals surface area contributed by atoms with Gasteiger partial charge in [0.1, 0.15) is 12.2 Å². The Hall–Kier alpha value is -1.51. The average Bonchev–Trinajstić information content (AvgIpc) is 2.52. The van der Waals surface area contributed by atoms with E-state index in [0.717, 1.165) is 23.8 Å². The van der Waals surface area contributed by atoms with Crippen LogP contribution in [0.2, 0.25) is 0 Å². The molecular formula is C10H13FN2O5. The quantitative estimate of drug-likeness (QED) is 0.601. The van der Waals surface area contributed by atoms with Gasteiger partial charge in [0, 0.05) is 12.3 Å². The van der Waals surface area contributed by atoms with Crippen LogP contribution in [0.15, 0.2) is 21.9 Å². The second-order valence-corrected chi connectivity index (χ2v) is 4.32. The Morgan fingerprint density at radius 2 is 2.28 bits per heavy atom. The number of alkyl halides is 1. The lowest BCUT2D eigenvalue weighted by Gasteiger charge is -2.24. The van der Waals surface area contributed by atoms with Crippen LogP contribution in [0.4, 0.5) is 4.39 Å². The Morgan fingerprint density at radius 1 is 1.61 bits per heavy atom. The van der Waals surface area contributed by atoms with E-state index >= 15 is 0 Å². The van der Waals surface area contributed by atoms with Crippen LogP contribution in [0.3, 0.4) is 0 Å². The topological polar surface area (TPSA) is 105 Å². The van der Waals surface area contributed by atoms with Gasteiger partial charge in [-0.1, -0.05) is 0 Å². The summed E-state index contributed by atoms with van der Waals surface area (Å²) >= 11 is 0. The number of aromatic amines is 1. The molecule has 100 valence electrons. The third kappa shape index (κ3) is 1.88. The molecule has 8 heteroatoms. The van der Waals surface area contributed by atoms with Crippen LogP contribution < -0.4 is 11.2 Å². The number of halogens is 1. The maximum Gasteiger partial charge on any atom is 0.330 e. The zero-order valence-electron chi connectivity index (χ0n) is 9.54. The van der Waals surface area contributed by atoms with Gasteiger partial charge in [-0.3, -0.25) is 14.3 Å². The monoisotopic (exact) mass is 260 g/mol. The normalized spacial score (nSPS) is 35.9. The summed E-state index contributed by atoms with van der Waals surface area (Å²) in [6.07, 6.45) is -3.01. The van der Waals surface area contributed by atoms with Gasteiger partial charge >= 0.3 is 5.69 Å². The Kier molecular flexibility index (Phi) is 3.09. The van der Waals surface area contributed by atoms with Gasteiger partial charge in [0.05, 0.1) is 6.61 Å². The second-order valence-electron chi connectivity index (χ2n) is 4.32. The lowest BCUT2D eigenvalue weighted by atomic mass is 9.98. The number of ether oxygens (including phenoxy) is 1. The number of H-pyrrole nitrogens is 1. The minimum Gasteiger partial charge on any atom is -0.394 e. The molecule has 0 spiro atoms. The Labute approximate surface area is 100 Å². The van der Waals surface area contributed by atoms with Gasteiger partial charge in [0.25, 0.3) is 5.56 Å². The van der Waals surface area contributed by atoms with Crippen LogP contribution >= 0.6 is 0 Å². The maximum atomic E-state index is 14.3. The number of nitrogens with one attached hydrogen (secondary N) is 1. The smallest absolute Gasteiger partial charge is 0.330 e. The van der Waals surface area contributed by atoms with Crippen LogP contribution in [0.5, 0.6) is 0 Å². The highest BCUT2D eigenvalue weighted by Crippen LogP contribution is 2.40. The molecular weight excluding hydrogens is 247 g/mol. The standard InChI is InChI=1S/C10H13FN2O5/c1-10(11)7(16)5(4-14)18-8(10)13-3-2-6(15)12-9(13)17/h2-3,5,7-8,14,16H,4H2,1H3,(H,12,15,17)/t5-,7?,8-,10?/m0/s1. The van der Waals surface area contributed by atoms with Gasteiger partial charge in [0.15, 0.2) is 11.9 Å². The number of hydrogen-bond acceptors (Lipinski definition) is 5. The predicted molar refractivity (Wildman–Crippen MR) is 57.8 cm³/mol. The fourth-order valence-electron chi connectivity index (χ4n) is 1.97. The van der Waals surface area contributed by atoms with Crippen LogP contribution in [0, 0.1) is 0 Å². The molecule has 0 bridgehead atoms. The summed E-state index contributed by atoms with van der Waals surface area (Å²) in [6.45, 7) is 0.491. The van der Waals surface area contributed by atoms with Crippen LogP contribution in [-0.4, -0.2) is 44.2 Å². The summed E-state index contributed by atoms with van der Waals surface area (Å²) in [5, 5.41) is 18.6. The van der Waals surface area contributed by atoms with Crippen LogP contribution in [0.25, 0.3) is 0 Å². The van der Waals surface area contributed by atoms with E-state index in [1.807, 2.05) is 4.98 Å². The lowest BCUT2D eigenvalue weighted by Crippen LogP contribution is -2.43. The summed E-state index contributed by atoms with van der Waals surface area (Å²) in [4.78, 5) is 24.4. The van der Waals surface area contributed by atoms with Gasteiger partial charge in [-0.05, 0) is 6.92 Å². The Bertz CT molecular complexity index is 552. The highest BCUT2D eigenvalue weighted by Gasteiger charge is 2.54. The molecule has 1 aliphatic heterocycles. The molecule has 0 aliphatic carbocycles. The average molecular weight is 260 g/mol. The van der Waals surface area contributed by atoms with Crippen molar-refractivity contribution >= 4 is 0 Å². The second kappa shape index (κ2) is 4.30. The van der Waals surface area contributed by atoms with Crippen molar-refractivity contribution in [3.63, 3.8) is 0 Å². The summed E-state index contributed by atoms with van der Waals surface area (Å²) in [6, 6.07) is 1.04. The molecule has 2 unspecified atom stereocenters. The van der Waals surface area contributed by atoms with Gasteiger partial charge in [-0.25, -0.2) is 9.18 Å². The number of aliphatic hydroxyl groups excluding tert-OH is 2. The van der Waals surface area contributed by atoms with Crippen molar-refractivity contribution in [2.75, 3.05) is 6.61 Å². The summed E-state index contributed by atoms with van der Waals surface area (Å²) < 4.78 is 20.3. The zero-order valence-corrected chi connectivity index (χ0v) is 9.54. The molecule has 1 aromatic rings. The number of aliphatic hydroxyl groups is 2. The van der Waals surface area contributed by atoms with E-state index in [1.54, 1.807) is 0 Å². The highest BCUT2D eigenvalue weighted by molar-refractivity contribution is 5.01. The fraction of sp³-hybridized carbons (Fsp3) is 0.600. The van der Waals surface area contributed by atoms with Gasteiger partial charge in [-0.2, -0.15) is 0 Å². The molecule has 1 aliphatic rings. The molecule has 2 rings (SSSR count). The Balaban J connectivity index is 2.45. The van der Waals surface area contributed by atoms with E-state index in [-0.39, 0.29) is 0 Å². The summed E-state index contributed by atoms with van der Waals surface area (Å²) in [5.41, 5.74) is -3.72. The van der Waals surface area contributed by atoms with Crippen molar-refractivity contribution in [2.24, 2.45) is 0 Å². The summed E-state index contributed by atoms with van der Waals surface area (Å²) in [5.74, 6) is 0. The number of hydrogen-bond donors (Lipinski definition) is 3. The third-order valence-corrected chi connectivity index (χ3v) is 3.00. The molecule has 1 saturated heterocycles. The first-order valence-electron chi connectivity index (χ1n) is 5.32. The first-order chi connectivity index (χ1) is 8.37. The van der Waals surface area contributed by atoms with Crippen molar-refractivity contribution in [1.82, 2.24) is 9.55 Å². The van der Waals surface area contributed by atoms with Gasteiger partial charge in [-0.15, -0.1) is 0 Å². The SMILES string of the molecule is CC1(F)C(O)[C@H](CO)O[C@@H]1n1ccc(=O)[nH]c1=O. The van der Waals surface area contributed by atoms with E-state index in [9.17, 15) is 19.1 Å². The van der Waals surface area contributed by atoms with Crippen molar-refractivity contribution in [1.29, 1.82) is 0 Å². The molecule has 0 radical (unpaired) electrons. The maximum absolute atomic E-state index is 14.3. The molecule has 18 heavy (non-hydrogen) atoms. The molecule has 0 saturated carbocycles. The molecule has 7 nitrogen and oxygen atoms in total. The number of nitrogens with zero attached hydrogens (tertiary/aromatic N) is 1. The third-order valence-electron chi connectivity index (χ3n) is 3.00. The first-order valence-corrected chi connectivity index (χ1v) is 5.32. The van der Waals surface area contributed by atoms with Gasteiger partial charge in [0.2, 0.25) is 0 Å². The van der Waals surface area contributed by atoms with Crippen molar-refractivity contribution < 1.29 is 19.3 Å². The first kappa shape index (κ1) is 12.9. The van der Waals surface area contributed by atoms with Crippen molar-refractivity contribution in [2.45, 2.75) is 31.0 Å². The van der Waals surface area contributed by atoms with E-state index in [1.165, 1.54) is 0 Å². The summed E-state index contributed by atoms with van der Waals surface area (Å²) in [7, 11) is 0. The van der Waals surface area contributed by atoms with E-state index in [2.05, 4.69) is 0 Å². The zero-order chi connectivity index (χ0) is 13.5. The molecule has 0 amide bonds. The molecule has 4 atom stereocenters. The molecule has 3 N–H and O–H groups in total. The fourth-order valence-corrected chi connectivity index (χ4v) is 1.97. The molecule has 0 aromatic carbocycles. The highest BCUT2D eigenvalue weighted by atomic mass is 19.1. The number of rotatable bonds is 2. The van der Waals surface area contributed by atoms with Crippen molar-refractivity contribution in [3.05, 3.63) is 33.1 Å². The lowest BCUT2D eigenvalue weighted by molar-refractivity contribution is -0.0611. The van der Waals surface area contributed by atoms with Crippen LogP contribution in [0.1, 0.15) is 13.2 Å². The van der Waals surface area contributed by atoms with E-state index in [4.69, 9.17) is 9.84 Å². The van der Waals surface area contributed by atoms with Crippen LogP contribution in [-0.2, 0) is 4.74 Å². The van der Waals surface area contributed by atoms with Gasteiger partial charge < -0.3 is 14.9 Å². The number of aromatic nitrogens is 2. The molecule has 1 fully saturated rings. The molecule has 1 aromatic heterocycles. The van der Waals surface area contributed by atoms with E-state index < -0.39 is 42.0 Å².